The van der Waals surface area contributed by atoms with Gasteiger partial charge in [-0.25, -0.2) is 0 Å². The molecule has 4 aliphatic rings. The molecule has 4 nitrogen and oxygen atoms in total. The Morgan fingerprint density at radius 2 is 1.57 bits per heavy atom. The fourth-order valence-electron chi connectivity index (χ4n) is 10.1. The van der Waals surface area contributed by atoms with Crippen molar-refractivity contribution in [3.63, 3.8) is 0 Å². The number of esters is 1. The number of rotatable bonds is 14. The van der Waals surface area contributed by atoms with Crippen molar-refractivity contribution in [2.24, 2.45) is 29.1 Å². The Balaban J connectivity index is 1.13. The van der Waals surface area contributed by atoms with Crippen molar-refractivity contribution in [1.29, 1.82) is 0 Å². The van der Waals surface area contributed by atoms with Gasteiger partial charge < -0.3 is 4.74 Å². The molecule has 0 radical (unpaired) electrons. The van der Waals surface area contributed by atoms with Crippen LogP contribution in [-0.2, 0) is 14.3 Å². The normalized spacial score (nSPS) is 35.8. The highest BCUT2D eigenvalue weighted by atomic mass is 32.2. The minimum atomic E-state index is 0.0221. The number of piperidine rings is 2. The second-order valence-corrected chi connectivity index (χ2v) is 18.1. The van der Waals surface area contributed by atoms with E-state index in [1.165, 1.54) is 82.8 Å². The van der Waals surface area contributed by atoms with Crippen LogP contribution in [0.2, 0.25) is 0 Å². The Bertz CT molecular complexity index is 900. The van der Waals surface area contributed by atoms with E-state index in [9.17, 15) is 9.59 Å². The maximum atomic E-state index is 12.8. The Morgan fingerprint density at radius 1 is 0.929 bits per heavy atom. The van der Waals surface area contributed by atoms with Gasteiger partial charge in [0.25, 0.3) is 0 Å². The Morgan fingerprint density at radius 3 is 2.24 bits per heavy atom. The Kier molecular flexibility index (Phi) is 12.0. The lowest BCUT2D eigenvalue weighted by Crippen LogP contribution is -2.67. The van der Waals surface area contributed by atoms with Gasteiger partial charge in [0.1, 0.15) is 11.9 Å². The Labute approximate surface area is 263 Å². The SMILES string of the molecule is CC(OC(=O)CCCCCCCCCCCSC(C)(C)C)[C@H]1CC[C@H]2[C@@H]3CCN4C(C)C(=O)CC[C@]4(C)[C@H]3CC[C@]12C. The molecule has 0 aromatic rings. The average Bonchev–Trinajstić information content (AvgIpc) is 3.28. The summed E-state index contributed by atoms with van der Waals surface area (Å²) in [6, 6.07) is 0.0892. The van der Waals surface area contributed by atoms with Gasteiger partial charge in [-0.3, -0.25) is 14.5 Å². The molecule has 2 aliphatic carbocycles. The summed E-state index contributed by atoms with van der Waals surface area (Å²) in [5.74, 6) is 4.43. The van der Waals surface area contributed by atoms with Crippen LogP contribution in [-0.4, -0.2) is 51.4 Å². The fraction of sp³-hybridized carbons (Fsp3) is 0.946. The van der Waals surface area contributed by atoms with Crippen molar-refractivity contribution in [2.75, 3.05) is 12.3 Å². The molecule has 2 saturated carbocycles. The molecule has 4 rings (SSSR count). The molecule has 4 fully saturated rings. The van der Waals surface area contributed by atoms with Crippen molar-refractivity contribution in [2.45, 2.75) is 180 Å². The average molecular weight is 604 g/mol. The largest absolute Gasteiger partial charge is 0.462 e. The lowest BCUT2D eigenvalue weighted by molar-refractivity contribution is -0.162. The third-order valence-electron chi connectivity index (χ3n) is 12.4. The van der Waals surface area contributed by atoms with E-state index in [1.54, 1.807) is 0 Å². The number of nitrogens with zero attached hydrogens (tertiary/aromatic N) is 1. The number of hydrogen-bond acceptors (Lipinski definition) is 5. The number of carbonyl (C=O) groups is 2. The first-order valence-corrected chi connectivity index (χ1v) is 19.0. The highest BCUT2D eigenvalue weighted by molar-refractivity contribution is 8.00. The zero-order valence-electron chi connectivity index (χ0n) is 28.5. The number of carbonyl (C=O) groups excluding carboxylic acids is 2. The summed E-state index contributed by atoms with van der Waals surface area (Å²) in [6.45, 7) is 17.3. The smallest absolute Gasteiger partial charge is 0.306 e. The maximum absolute atomic E-state index is 12.8. The third-order valence-corrected chi connectivity index (χ3v) is 13.8. The summed E-state index contributed by atoms with van der Waals surface area (Å²) in [7, 11) is 0. The molecule has 2 heterocycles. The van der Waals surface area contributed by atoms with Crippen LogP contribution in [0.4, 0.5) is 0 Å². The molecule has 0 aromatic carbocycles. The van der Waals surface area contributed by atoms with Crippen LogP contribution >= 0.6 is 11.8 Å². The van der Waals surface area contributed by atoms with E-state index in [-0.39, 0.29) is 29.1 Å². The first-order valence-electron chi connectivity index (χ1n) is 18.0. The molecule has 0 spiro atoms. The highest BCUT2D eigenvalue weighted by Crippen LogP contribution is 2.64. The number of unbranched alkanes of at least 4 members (excludes halogenated alkanes) is 8. The summed E-state index contributed by atoms with van der Waals surface area (Å²) >= 11 is 2.09. The first kappa shape index (κ1) is 34.3. The monoisotopic (exact) mass is 603 g/mol. The summed E-state index contributed by atoms with van der Waals surface area (Å²) in [4.78, 5) is 27.9. The third kappa shape index (κ3) is 7.99. The highest BCUT2D eigenvalue weighted by Gasteiger charge is 2.61. The first-order chi connectivity index (χ1) is 19.9. The number of thioether (sulfide) groups is 1. The molecule has 2 saturated heterocycles. The van der Waals surface area contributed by atoms with E-state index in [0.29, 0.717) is 28.8 Å². The van der Waals surface area contributed by atoms with E-state index < -0.39 is 0 Å². The van der Waals surface area contributed by atoms with Crippen LogP contribution in [0, 0.1) is 29.1 Å². The Hall–Kier alpha value is -0.550. The maximum Gasteiger partial charge on any atom is 0.306 e. The minimum absolute atomic E-state index is 0.0221. The quantitative estimate of drug-likeness (QED) is 0.146. The number of fused-ring (bicyclic) bond motifs is 5. The van der Waals surface area contributed by atoms with E-state index in [0.717, 1.165) is 44.1 Å². The molecule has 0 aromatic heterocycles. The van der Waals surface area contributed by atoms with E-state index in [4.69, 9.17) is 4.74 Å². The van der Waals surface area contributed by atoms with Gasteiger partial charge in [-0.05, 0) is 108 Å². The molecule has 42 heavy (non-hydrogen) atoms. The van der Waals surface area contributed by atoms with Crippen molar-refractivity contribution in [3.05, 3.63) is 0 Å². The van der Waals surface area contributed by atoms with E-state index in [1.807, 2.05) is 0 Å². The summed E-state index contributed by atoms with van der Waals surface area (Å²) in [5, 5.41) is 0. The number of ether oxygens (including phenoxy) is 1. The van der Waals surface area contributed by atoms with Gasteiger partial charge in [-0.15, -0.1) is 0 Å². The molecular weight excluding hydrogens is 538 g/mol. The van der Waals surface area contributed by atoms with Crippen LogP contribution in [0.25, 0.3) is 0 Å². The molecule has 242 valence electrons. The van der Waals surface area contributed by atoms with Crippen molar-refractivity contribution < 1.29 is 14.3 Å². The topological polar surface area (TPSA) is 46.6 Å². The second kappa shape index (κ2) is 14.7. The molecule has 0 bridgehead atoms. The van der Waals surface area contributed by atoms with Crippen molar-refractivity contribution in [1.82, 2.24) is 4.90 Å². The predicted molar refractivity (Wildman–Crippen MR) is 178 cm³/mol. The van der Waals surface area contributed by atoms with Gasteiger partial charge in [0.05, 0.1) is 6.04 Å². The number of Topliss-reactive ketones (excluding diaryl/α,β-unsaturated/α-hetero) is 1. The number of hydrogen-bond donors (Lipinski definition) is 0. The lowest BCUT2D eigenvalue weighted by Gasteiger charge is -2.62. The molecule has 8 atom stereocenters. The van der Waals surface area contributed by atoms with Crippen molar-refractivity contribution >= 4 is 23.5 Å². The second-order valence-electron chi connectivity index (χ2n) is 16.2. The van der Waals surface area contributed by atoms with Crippen LogP contribution in [0.15, 0.2) is 0 Å². The fourth-order valence-corrected chi connectivity index (χ4v) is 11.1. The summed E-state index contributed by atoms with van der Waals surface area (Å²) < 4.78 is 6.54. The van der Waals surface area contributed by atoms with Crippen LogP contribution in [0.1, 0.15) is 158 Å². The van der Waals surface area contributed by atoms with Crippen LogP contribution < -0.4 is 0 Å². The van der Waals surface area contributed by atoms with Gasteiger partial charge in [0.15, 0.2) is 0 Å². The predicted octanol–water partition coefficient (Wildman–Crippen LogP) is 9.63. The minimum Gasteiger partial charge on any atom is -0.462 e. The molecular formula is C37H65NO3S. The van der Waals surface area contributed by atoms with Crippen LogP contribution in [0.5, 0.6) is 0 Å². The molecule has 2 aliphatic heterocycles. The van der Waals surface area contributed by atoms with Gasteiger partial charge in [0.2, 0.25) is 0 Å². The van der Waals surface area contributed by atoms with Crippen LogP contribution in [0.3, 0.4) is 0 Å². The van der Waals surface area contributed by atoms with Gasteiger partial charge in [-0.1, -0.05) is 72.6 Å². The summed E-state index contributed by atoms with van der Waals surface area (Å²) in [5.41, 5.74) is 0.458. The summed E-state index contributed by atoms with van der Waals surface area (Å²) in [6.07, 6.45) is 20.1. The molecule has 2 unspecified atom stereocenters. The van der Waals surface area contributed by atoms with Gasteiger partial charge >= 0.3 is 5.97 Å². The molecule has 0 amide bonds. The van der Waals surface area contributed by atoms with Gasteiger partial charge in [-0.2, -0.15) is 11.8 Å². The van der Waals surface area contributed by atoms with E-state index >= 15 is 0 Å². The zero-order chi connectivity index (χ0) is 30.5. The number of ketones is 1. The molecule has 5 heteroatoms. The molecule has 0 N–H and O–H groups in total. The van der Waals surface area contributed by atoms with Crippen molar-refractivity contribution in [3.8, 4) is 0 Å². The standard InChI is InChI=1S/C37H65NO3S/c1-27-33(39)21-24-37(7)32-20-23-36(6)30(18-19-31(36)29(32)22-25-38(27)37)28(2)41-34(40)17-15-13-11-9-8-10-12-14-16-26-42-35(3,4)5/h27-32H,8-26H2,1-7H3/t27?,28?,29-,30+,31-,32-,36+,37+/m0/s1. The zero-order valence-corrected chi connectivity index (χ0v) is 29.3. The van der Waals surface area contributed by atoms with E-state index in [2.05, 4.69) is 65.1 Å². The lowest BCUT2D eigenvalue weighted by atomic mass is 9.51. The van der Waals surface area contributed by atoms with Gasteiger partial charge in [0, 0.05) is 29.0 Å².